The van der Waals surface area contributed by atoms with Crippen molar-refractivity contribution in [2.24, 2.45) is 0 Å². The zero-order chi connectivity index (χ0) is 18.6. The van der Waals surface area contributed by atoms with Gasteiger partial charge in [-0.3, -0.25) is 4.79 Å². The molecule has 1 fully saturated rings. The predicted molar refractivity (Wildman–Crippen MR) is 102 cm³/mol. The Kier molecular flexibility index (Phi) is 5.74. The highest BCUT2D eigenvalue weighted by Crippen LogP contribution is 2.27. The fraction of sp³-hybridized carbons (Fsp3) is 0.350. The Morgan fingerprint density at radius 2 is 1.69 bits per heavy atom. The number of rotatable bonds is 6. The fourth-order valence-corrected chi connectivity index (χ4v) is 4.68. The van der Waals surface area contributed by atoms with Crippen LogP contribution in [-0.4, -0.2) is 31.7 Å². The molecule has 138 valence electrons. The van der Waals surface area contributed by atoms with Gasteiger partial charge in [-0.25, -0.2) is 8.42 Å². The summed E-state index contributed by atoms with van der Waals surface area (Å²) in [6.45, 7) is 3.48. The number of sulfonamides is 1. The van der Waals surface area contributed by atoms with E-state index < -0.39 is 10.0 Å². The Bertz CT molecular complexity index is 870. The molecule has 1 aliphatic rings. The quantitative estimate of drug-likeness (QED) is 0.847. The number of nitrogens with zero attached hydrogens (tertiary/aromatic N) is 1. The average molecular weight is 372 g/mol. The molecule has 0 saturated carbocycles. The van der Waals surface area contributed by atoms with Crippen molar-refractivity contribution in [2.45, 2.75) is 37.6 Å². The van der Waals surface area contributed by atoms with Crippen molar-refractivity contribution < 1.29 is 13.2 Å². The lowest BCUT2D eigenvalue weighted by Gasteiger charge is -2.16. The molecule has 1 saturated heterocycles. The van der Waals surface area contributed by atoms with Gasteiger partial charge in [0.1, 0.15) is 0 Å². The molecule has 0 aromatic heterocycles. The van der Waals surface area contributed by atoms with Crippen LogP contribution in [0.3, 0.4) is 0 Å². The lowest BCUT2D eigenvalue weighted by Crippen LogP contribution is -2.27. The largest absolute Gasteiger partial charge is 0.352 e. The summed E-state index contributed by atoms with van der Waals surface area (Å²) < 4.78 is 26.8. The third-order valence-electron chi connectivity index (χ3n) is 4.68. The van der Waals surface area contributed by atoms with E-state index in [0.29, 0.717) is 31.0 Å². The van der Waals surface area contributed by atoms with Crippen molar-refractivity contribution in [1.29, 1.82) is 0 Å². The summed E-state index contributed by atoms with van der Waals surface area (Å²) in [5, 5.41) is 2.89. The minimum atomic E-state index is -3.40. The molecule has 6 heteroatoms. The van der Waals surface area contributed by atoms with Gasteiger partial charge in [0.05, 0.1) is 4.90 Å². The number of nitrogens with one attached hydrogen (secondary N) is 1. The molecule has 1 heterocycles. The van der Waals surface area contributed by atoms with Crippen molar-refractivity contribution in [3.05, 3.63) is 54.1 Å². The first-order chi connectivity index (χ1) is 12.5. The molecule has 1 N–H and O–H groups in total. The summed E-state index contributed by atoms with van der Waals surface area (Å²) in [6.07, 6.45) is 2.30. The third-order valence-corrected chi connectivity index (χ3v) is 6.60. The van der Waals surface area contributed by atoms with Gasteiger partial charge >= 0.3 is 0 Å². The molecule has 0 spiro atoms. The molecule has 0 atom stereocenters. The number of hydrogen-bond donors (Lipinski definition) is 1. The maximum Gasteiger partial charge on any atom is 0.243 e. The molecule has 0 radical (unpaired) electrons. The Balaban J connectivity index is 1.84. The Labute approximate surface area is 155 Å². The zero-order valence-electron chi connectivity index (χ0n) is 14.9. The topological polar surface area (TPSA) is 66.5 Å². The van der Waals surface area contributed by atoms with Crippen LogP contribution in [0.25, 0.3) is 11.1 Å². The van der Waals surface area contributed by atoms with Crippen LogP contribution < -0.4 is 5.32 Å². The van der Waals surface area contributed by atoms with E-state index in [9.17, 15) is 13.2 Å². The average Bonchev–Trinajstić information content (AvgIpc) is 3.22. The molecule has 1 amide bonds. The number of hydrogen-bond acceptors (Lipinski definition) is 3. The number of amides is 1. The van der Waals surface area contributed by atoms with Crippen molar-refractivity contribution in [2.75, 3.05) is 13.1 Å². The molecule has 0 aliphatic carbocycles. The monoisotopic (exact) mass is 372 g/mol. The maximum absolute atomic E-state index is 12.6. The smallest absolute Gasteiger partial charge is 0.243 e. The summed E-state index contributed by atoms with van der Waals surface area (Å²) in [7, 11) is -3.40. The van der Waals surface area contributed by atoms with E-state index in [4.69, 9.17) is 0 Å². The minimum absolute atomic E-state index is 0.00635. The molecule has 0 bridgehead atoms. The molecular weight excluding hydrogens is 348 g/mol. The first-order valence-electron chi connectivity index (χ1n) is 8.97. The van der Waals surface area contributed by atoms with Crippen molar-refractivity contribution in [1.82, 2.24) is 9.62 Å². The van der Waals surface area contributed by atoms with E-state index in [1.165, 1.54) is 0 Å². The normalized spacial score (nSPS) is 15.1. The van der Waals surface area contributed by atoms with E-state index in [-0.39, 0.29) is 5.91 Å². The lowest BCUT2D eigenvalue weighted by molar-refractivity contribution is -0.120. The van der Waals surface area contributed by atoms with E-state index in [1.54, 1.807) is 16.4 Å². The summed E-state index contributed by atoms with van der Waals surface area (Å²) in [5.41, 5.74) is 2.94. The van der Waals surface area contributed by atoms with Crippen LogP contribution in [-0.2, 0) is 21.4 Å². The van der Waals surface area contributed by atoms with Gasteiger partial charge in [0.2, 0.25) is 15.9 Å². The maximum atomic E-state index is 12.6. The summed E-state index contributed by atoms with van der Waals surface area (Å²) in [5.74, 6) is 0.00635. The number of carbonyl (C=O) groups excluding carboxylic acids is 1. The Hall–Kier alpha value is -2.18. The van der Waals surface area contributed by atoms with Crippen LogP contribution in [0.2, 0.25) is 0 Å². The molecule has 26 heavy (non-hydrogen) atoms. The molecular formula is C20H24N2O3S. The van der Waals surface area contributed by atoms with Crippen LogP contribution in [0.1, 0.15) is 31.7 Å². The summed E-state index contributed by atoms with van der Waals surface area (Å²) in [6, 6.07) is 14.8. The molecule has 1 aliphatic heterocycles. The molecule has 2 aromatic rings. The third kappa shape index (κ3) is 3.97. The second kappa shape index (κ2) is 8.01. The van der Waals surface area contributed by atoms with Crippen molar-refractivity contribution >= 4 is 15.9 Å². The predicted octanol–water partition coefficient (Wildman–Crippen LogP) is 3.16. The van der Waals surface area contributed by atoms with Crippen LogP contribution in [0.15, 0.2) is 53.4 Å². The van der Waals surface area contributed by atoms with Crippen LogP contribution in [0, 0.1) is 0 Å². The first kappa shape index (κ1) is 18.6. The van der Waals surface area contributed by atoms with Gasteiger partial charge in [-0.2, -0.15) is 4.31 Å². The van der Waals surface area contributed by atoms with Crippen molar-refractivity contribution in [3.8, 4) is 11.1 Å². The molecule has 3 rings (SSSR count). The fourth-order valence-electron chi connectivity index (χ4n) is 3.16. The standard InChI is InChI=1S/C20H24N2O3S/c1-2-20(23)21-15-17-7-3-4-8-19(17)16-9-11-18(12-10-16)26(24,25)22-13-5-6-14-22/h3-4,7-12H,2,5-6,13-15H2,1H3,(H,21,23). The van der Waals surface area contributed by atoms with Crippen LogP contribution in [0.5, 0.6) is 0 Å². The van der Waals surface area contributed by atoms with Gasteiger partial charge in [-0.1, -0.05) is 43.3 Å². The van der Waals surface area contributed by atoms with Crippen LogP contribution >= 0.6 is 0 Å². The highest BCUT2D eigenvalue weighted by Gasteiger charge is 2.26. The SMILES string of the molecule is CCC(=O)NCc1ccccc1-c1ccc(S(=O)(=O)N2CCCC2)cc1. The highest BCUT2D eigenvalue weighted by molar-refractivity contribution is 7.89. The van der Waals surface area contributed by atoms with Gasteiger partial charge < -0.3 is 5.32 Å². The zero-order valence-corrected chi connectivity index (χ0v) is 15.8. The van der Waals surface area contributed by atoms with Crippen molar-refractivity contribution in [3.63, 3.8) is 0 Å². The van der Waals surface area contributed by atoms with E-state index in [0.717, 1.165) is 29.5 Å². The van der Waals surface area contributed by atoms with Crippen LogP contribution in [0.4, 0.5) is 0 Å². The Morgan fingerprint density at radius 3 is 2.35 bits per heavy atom. The van der Waals surface area contributed by atoms with Gasteiger partial charge in [-0.05, 0) is 41.7 Å². The minimum Gasteiger partial charge on any atom is -0.352 e. The second-order valence-corrected chi connectivity index (χ2v) is 8.36. The van der Waals surface area contributed by atoms with E-state index >= 15 is 0 Å². The van der Waals surface area contributed by atoms with E-state index in [1.807, 2.05) is 43.3 Å². The van der Waals surface area contributed by atoms with Gasteiger partial charge in [-0.15, -0.1) is 0 Å². The molecule has 0 unspecified atom stereocenters. The highest BCUT2D eigenvalue weighted by atomic mass is 32.2. The van der Waals surface area contributed by atoms with Gasteiger partial charge in [0.25, 0.3) is 0 Å². The number of benzene rings is 2. The van der Waals surface area contributed by atoms with Gasteiger partial charge in [0, 0.05) is 26.1 Å². The summed E-state index contributed by atoms with van der Waals surface area (Å²) >= 11 is 0. The van der Waals surface area contributed by atoms with Gasteiger partial charge in [0.15, 0.2) is 0 Å². The number of carbonyl (C=O) groups is 1. The second-order valence-electron chi connectivity index (χ2n) is 6.42. The molecule has 5 nitrogen and oxygen atoms in total. The molecule has 2 aromatic carbocycles. The first-order valence-corrected chi connectivity index (χ1v) is 10.4. The Morgan fingerprint density at radius 1 is 1.04 bits per heavy atom. The summed E-state index contributed by atoms with van der Waals surface area (Å²) in [4.78, 5) is 11.9. The van der Waals surface area contributed by atoms with E-state index in [2.05, 4.69) is 5.32 Å². The lowest BCUT2D eigenvalue weighted by atomic mass is 10.00.